The Hall–Kier alpha value is -1.84. The van der Waals surface area contributed by atoms with E-state index in [4.69, 9.17) is 0 Å². The fraction of sp³-hybridized carbons (Fsp3) is 0.467. The van der Waals surface area contributed by atoms with Gasteiger partial charge in [0.2, 0.25) is 5.91 Å². The Morgan fingerprint density at radius 2 is 1.79 bits per heavy atom. The quantitative estimate of drug-likeness (QED) is 0.826. The monoisotopic (exact) mass is 260 g/mol. The molecular formula is C15H20N2O2. The normalized spacial score (nSPS) is 14.5. The van der Waals surface area contributed by atoms with Gasteiger partial charge in [-0.2, -0.15) is 0 Å². The fourth-order valence-corrected chi connectivity index (χ4v) is 2.26. The summed E-state index contributed by atoms with van der Waals surface area (Å²) in [6.07, 6.45) is 2.78. The first-order valence-corrected chi connectivity index (χ1v) is 6.79. The highest BCUT2D eigenvalue weighted by molar-refractivity contribution is 5.94. The number of anilines is 1. The van der Waals surface area contributed by atoms with Gasteiger partial charge in [-0.1, -0.05) is 0 Å². The van der Waals surface area contributed by atoms with Gasteiger partial charge in [-0.3, -0.25) is 9.59 Å². The van der Waals surface area contributed by atoms with Crippen LogP contribution in [0.5, 0.6) is 0 Å². The molecule has 0 unspecified atom stereocenters. The van der Waals surface area contributed by atoms with Crippen molar-refractivity contribution in [1.82, 2.24) is 4.90 Å². The molecule has 0 saturated carbocycles. The summed E-state index contributed by atoms with van der Waals surface area (Å²) in [5, 5.41) is 3.21. The minimum absolute atomic E-state index is 0.0655. The SMILES string of the molecule is CC(=O)c1ccc(NCCC(=O)N2CCCC2)cc1. The van der Waals surface area contributed by atoms with E-state index in [1.54, 1.807) is 19.1 Å². The lowest BCUT2D eigenvalue weighted by Crippen LogP contribution is -2.29. The number of benzene rings is 1. The number of hydrogen-bond donors (Lipinski definition) is 1. The van der Waals surface area contributed by atoms with E-state index in [9.17, 15) is 9.59 Å². The zero-order valence-corrected chi connectivity index (χ0v) is 11.3. The molecule has 19 heavy (non-hydrogen) atoms. The maximum atomic E-state index is 11.8. The van der Waals surface area contributed by atoms with E-state index >= 15 is 0 Å². The lowest BCUT2D eigenvalue weighted by Gasteiger charge is -2.15. The zero-order valence-electron chi connectivity index (χ0n) is 11.3. The fourth-order valence-electron chi connectivity index (χ4n) is 2.26. The Morgan fingerprint density at radius 1 is 1.16 bits per heavy atom. The first-order chi connectivity index (χ1) is 9.16. The van der Waals surface area contributed by atoms with E-state index in [2.05, 4.69) is 5.32 Å². The summed E-state index contributed by atoms with van der Waals surface area (Å²) in [5.74, 6) is 0.293. The average molecular weight is 260 g/mol. The van der Waals surface area contributed by atoms with Crippen LogP contribution in [0.4, 0.5) is 5.69 Å². The van der Waals surface area contributed by atoms with E-state index in [1.165, 1.54) is 0 Å². The molecule has 1 N–H and O–H groups in total. The summed E-state index contributed by atoms with van der Waals surface area (Å²) in [4.78, 5) is 24.9. The van der Waals surface area contributed by atoms with Crippen molar-refractivity contribution in [2.24, 2.45) is 0 Å². The third-order valence-electron chi connectivity index (χ3n) is 3.42. The van der Waals surface area contributed by atoms with E-state index in [0.717, 1.165) is 31.6 Å². The molecule has 1 aromatic carbocycles. The second-order valence-electron chi connectivity index (χ2n) is 4.90. The second kappa shape index (κ2) is 6.36. The third kappa shape index (κ3) is 3.81. The molecule has 1 aliphatic heterocycles. The molecule has 1 aliphatic rings. The lowest BCUT2D eigenvalue weighted by molar-refractivity contribution is -0.129. The van der Waals surface area contributed by atoms with Crippen LogP contribution in [0.25, 0.3) is 0 Å². The first kappa shape index (κ1) is 13.6. The van der Waals surface area contributed by atoms with Crippen molar-refractivity contribution in [2.45, 2.75) is 26.2 Å². The molecule has 1 saturated heterocycles. The largest absolute Gasteiger partial charge is 0.385 e. The molecule has 102 valence electrons. The first-order valence-electron chi connectivity index (χ1n) is 6.79. The van der Waals surface area contributed by atoms with Crippen LogP contribution >= 0.6 is 0 Å². The van der Waals surface area contributed by atoms with Crippen LogP contribution in [0.2, 0.25) is 0 Å². The third-order valence-corrected chi connectivity index (χ3v) is 3.42. The van der Waals surface area contributed by atoms with E-state index in [-0.39, 0.29) is 11.7 Å². The van der Waals surface area contributed by atoms with Gasteiger partial charge in [-0.25, -0.2) is 0 Å². The lowest BCUT2D eigenvalue weighted by atomic mass is 10.1. The summed E-state index contributed by atoms with van der Waals surface area (Å²) in [6, 6.07) is 7.34. The van der Waals surface area contributed by atoms with Gasteiger partial charge in [0, 0.05) is 37.3 Å². The molecule has 0 radical (unpaired) electrons. The van der Waals surface area contributed by atoms with Gasteiger partial charge < -0.3 is 10.2 Å². The predicted octanol–water partition coefficient (Wildman–Crippen LogP) is 2.31. The van der Waals surface area contributed by atoms with Gasteiger partial charge in [0.05, 0.1) is 0 Å². The number of nitrogens with zero attached hydrogens (tertiary/aromatic N) is 1. The van der Waals surface area contributed by atoms with Crippen molar-refractivity contribution in [3.05, 3.63) is 29.8 Å². The number of carbonyl (C=O) groups excluding carboxylic acids is 2. The number of nitrogens with one attached hydrogen (secondary N) is 1. The van der Waals surface area contributed by atoms with Crippen LogP contribution in [0.3, 0.4) is 0 Å². The number of likely N-dealkylation sites (tertiary alicyclic amines) is 1. The van der Waals surface area contributed by atoms with Crippen LogP contribution in [0.1, 0.15) is 36.5 Å². The van der Waals surface area contributed by atoms with Gasteiger partial charge in [-0.05, 0) is 44.0 Å². The molecule has 0 aliphatic carbocycles. The molecule has 0 spiro atoms. The molecule has 1 heterocycles. The Kier molecular flexibility index (Phi) is 4.55. The standard InChI is InChI=1S/C15H20N2O2/c1-12(18)13-4-6-14(7-5-13)16-9-8-15(19)17-10-2-3-11-17/h4-7,16H,2-3,8-11H2,1H3. The molecule has 0 aromatic heterocycles. The second-order valence-corrected chi connectivity index (χ2v) is 4.90. The predicted molar refractivity (Wildman–Crippen MR) is 75.4 cm³/mol. The van der Waals surface area contributed by atoms with Crippen molar-refractivity contribution in [3.63, 3.8) is 0 Å². The maximum Gasteiger partial charge on any atom is 0.224 e. The van der Waals surface area contributed by atoms with E-state index < -0.39 is 0 Å². The zero-order chi connectivity index (χ0) is 13.7. The van der Waals surface area contributed by atoms with Crippen LogP contribution in [-0.4, -0.2) is 36.2 Å². The number of amides is 1. The number of carbonyl (C=O) groups is 2. The Balaban J connectivity index is 1.75. The highest BCUT2D eigenvalue weighted by atomic mass is 16.2. The number of rotatable bonds is 5. The van der Waals surface area contributed by atoms with Crippen molar-refractivity contribution >= 4 is 17.4 Å². The van der Waals surface area contributed by atoms with Gasteiger partial charge in [-0.15, -0.1) is 0 Å². The summed E-state index contributed by atoms with van der Waals surface area (Å²) in [7, 11) is 0. The van der Waals surface area contributed by atoms with Crippen LogP contribution in [0.15, 0.2) is 24.3 Å². The highest BCUT2D eigenvalue weighted by Crippen LogP contribution is 2.11. The van der Waals surface area contributed by atoms with Crippen molar-refractivity contribution < 1.29 is 9.59 Å². The van der Waals surface area contributed by atoms with Gasteiger partial charge in [0.15, 0.2) is 5.78 Å². The van der Waals surface area contributed by atoms with Crippen LogP contribution < -0.4 is 5.32 Å². The molecule has 1 amide bonds. The minimum Gasteiger partial charge on any atom is -0.385 e. The number of hydrogen-bond acceptors (Lipinski definition) is 3. The highest BCUT2D eigenvalue weighted by Gasteiger charge is 2.16. The van der Waals surface area contributed by atoms with Crippen molar-refractivity contribution in [1.29, 1.82) is 0 Å². The molecule has 1 aromatic rings. The number of Topliss-reactive ketones (excluding diaryl/α,β-unsaturated/α-hetero) is 1. The van der Waals surface area contributed by atoms with Crippen molar-refractivity contribution in [3.8, 4) is 0 Å². The maximum absolute atomic E-state index is 11.8. The average Bonchev–Trinajstić information content (AvgIpc) is 2.93. The smallest absolute Gasteiger partial charge is 0.224 e. The molecule has 4 heteroatoms. The molecule has 0 atom stereocenters. The topological polar surface area (TPSA) is 49.4 Å². The molecule has 2 rings (SSSR count). The molecular weight excluding hydrogens is 240 g/mol. The minimum atomic E-state index is 0.0655. The molecule has 4 nitrogen and oxygen atoms in total. The summed E-state index contributed by atoms with van der Waals surface area (Å²) >= 11 is 0. The molecule has 0 bridgehead atoms. The van der Waals surface area contributed by atoms with E-state index in [1.807, 2.05) is 17.0 Å². The van der Waals surface area contributed by atoms with Gasteiger partial charge in [0.1, 0.15) is 0 Å². The Morgan fingerprint density at radius 3 is 2.37 bits per heavy atom. The molecule has 1 fully saturated rings. The summed E-state index contributed by atoms with van der Waals surface area (Å²) in [6.45, 7) is 4.00. The van der Waals surface area contributed by atoms with Crippen molar-refractivity contribution in [2.75, 3.05) is 25.0 Å². The Bertz CT molecular complexity index is 448. The summed E-state index contributed by atoms with van der Waals surface area (Å²) in [5.41, 5.74) is 1.65. The number of ketones is 1. The van der Waals surface area contributed by atoms with Crippen LogP contribution in [0, 0.1) is 0 Å². The van der Waals surface area contributed by atoms with Gasteiger partial charge >= 0.3 is 0 Å². The van der Waals surface area contributed by atoms with E-state index in [0.29, 0.717) is 18.5 Å². The Labute approximate surface area is 113 Å². The van der Waals surface area contributed by atoms with Gasteiger partial charge in [0.25, 0.3) is 0 Å². The van der Waals surface area contributed by atoms with Crippen LogP contribution in [-0.2, 0) is 4.79 Å². The summed E-state index contributed by atoms with van der Waals surface area (Å²) < 4.78 is 0.